The van der Waals surface area contributed by atoms with E-state index in [0.717, 1.165) is 0 Å². The average Bonchev–Trinajstić information content (AvgIpc) is 2.79. The molecule has 0 N–H and O–H groups in total. The molecular formula is C22H19F18IP+. The van der Waals surface area contributed by atoms with Gasteiger partial charge in [-0.05, 0) is 42.7 Å². The Balaban J connectivity index is 0.000000656. The molecule has 0 spiro atoms. The van der Waals surface area contributed by atoms with Crippen LogP contribution in [-0.2, 0) is 0 Å². The van der Waals surface area contributed by atoms with Crippen molar-refractivity contribution < 1.29 is 99.7 Å². The summed E-state index contributed by atoms with van der Waals surface area (Å²) in [6.45, 7) is 6.62. The van der Waals surface area contributed by atoms with Crippen LogP contribution in [0.3, 0.4) is 0 Å². The maximum Gasteiger partial charge on any atom is 0.450 e. The molecule has 0 aromatic heterocycles. The summed E-state index contributed by atoms with van der Waals surface area (Å²) < 4.78 is 208. The number of hydrogen-bond acceptors (Lipinski definition) is 0. The topological polar surface area (TPSA) is 0 Å². The van der Waals surface area contributed by atoms with Crippen molar-refractivity contribution in [2.24, 2.45) is 0 Å². The van der Waals surface area contributed by atoms with Gasteiger partial charge in [0.2, 0.25) is 0 Å². The molecule has 0 amide bonds. The summed E-state index contributed by atoms with van der Waals surface area (Å²) >= 11 is -0.0167. The van der Waals surface area contributed by atoms with Crippen LogP contribution in [-0.4, -0.2) is 36.3 Å². The molecule has 0 saturated heterocycles. The predicted octanol–water partition coefficient (Wildman–Crippen LogP) is 8.56. The van der Waals surface area contributed by atoms with Gasteiger partial charge in [-0.15, -0.1) is 0 Å². The fourth-order valence-corrected chi connectivity index (χ4v) is 5.56. The number of aryl methyl sites for hydroxylation is 1. The summed E-state index contributed by atoms with van der Waals surface area (Å²) in [7, 11) is -11.3. The Kier molecular flexibility index (Phi) is 13.0. The van der Waals surface area contributed by atoms with E-state index in [4.69, 9.17) is 0 Å². The van der Waals surface area contributed by atoms with Gasteiger partial charge in [0.25, 0.3) is 0 Å². The van der Waals surface area contributed by atoms with Gasteiger partial charge in [-0.2, -0.15) is 13.2 Å². The van der Waals surface area contributed by atoms with E-state index in [9.17, 15) is 78.4 Å². The standard InChI is InChI=1S/C16H18I.C4F13P.C2HF5/c1-12(2)14-6-10-16(11-7-14)17-15-8-4-13(3)5-9-15;5-1(6,7)3(11,12)18(15,16,17)4(13,14)2(8,9)10;3-1(4)2(5,6)7/h4-12H,1-3H3;;1H/q+1;;. The fourth-order valence-electron chi connectivity index (χ4n) is 2.22. The van der Waals surface area contributed by atoms with Crippen LogP contribution in [0.5, 0.6) is 0 Å². The van der Waals surface area contributed by atoms with E-state index in [2.05, 4.69) is 69.3 Å². The summed E-state index contributed by atoms with van der Waals surface area (Å²) in [6.07, 6.45) is -24.8. The van der Waals surface area contributed by atoms with Crippen LogP contribution in [0.4, 0.5) is 78.4 Å². The Labute approximate surface area is 237 Å². The molecule has 20 heteroatoms. The summed E-state index contributed by atoms with van der Waals surface area (Å²) in [5, 5.41) is 0. The monoisotopic (exact) mass is 783 g/mol. The normalized spacial score (nSPS) is 14.4. The van der Waals surface area contributed by atoms with Crippen LogP contribution >= 0.6 is 7.54 Å². The molecular weight excluding hydrogens is 764 g/mol. The summed E-state index contributed by atoms with van der Waals surface area (Å²) in [4.78, 5) is 0. The summed E-state index contributed by atoms with van der Waals surface area (Å²) in [6, 6.07) is 18.1. The molecule has 0 radical (unpaired) electrons. The largest absolute Gasteiger partial charge is 0.450 e. The number of rotatable bonds is 5. The molecule has 0 atom stereocenters. The van der Waals surface area contributed by atoms with E-state index in [-0.39, 0.29) is 21.2 Å². The van der Waals surface area contributed by atoms with Crippen LogP contribution in [0, 0.1) is 14.1 Å². The molecule has 0 fully saturated rings. The first kappa shape index (κ1) is 40.3. The van der Waals surface area contributed by atoms with Gasteiger partial charge < -0.3 is 0 Å². The Morgan fingerprint density at radius 3 is 1.10 bits per heavy atom. The third-order valence-corrected chi connectivity index (χ3v) is 9.64. The van der Waals surface area contributed by atoms with Crippen LogP contribution in [0.15, 0.2) is 48.5 Å². The van der Waals surface area contributed by atoms with E-state index in [1.807, 2.05) is 0 Å². The maximum absolute atomic E-state index is 12.2. The van der Waals surface area contributed by atoms with E-state index in [1.165, 1.54) is 18.3 Å². The van der Waals surface area contributed by atoms with Crippen LogP contribution in [0.1, 0.15) is 30.9 Å². The molecule has 0 nitrogen and oxygen atoms in total. The van der Waals surface area contributed by atoms with Gasteiger partial charge in [-0.1, -0.05) is 43.7 Å². The number of alkyl halides is 15. The van der Waals surface area contributed by atoms with Crippen LogP contribution < -0.4 is 21.2 Å². The quantitative estimate of drug-likeness (QED) is 0.162. The van der Waals surface area contributed by atoms with Crippen molar-refractivity contribution in [2.45, 2.75) is 63.0 Å². The molecule has 42 heavy (non-hydrogen) atoms. The van der Waals surface area contributed by atoms with Crippen molar-refractivity contribution in [1.29, 1.82) is 0 Å². The first-order valence-electron chi connectivity index (χ1n) is 10.6. The van der Waals surface area contributed by atoms with E-state index in [0.29, 0.717) is 5.92 Å². The fraction of sp³-hybridized carbons (Fsp3) is 0.455. The molecule has 0 bridgehead atoms. The minimum absolute atomic E-state index is 0.0167. The third-order valence-electron chi connectivity index (χ3n) is 4.61. The SMILES string of the molecule is Cc1ccc([I+]c2ccc(C(C)C)cc2)cc1.FC(F)(F)C(F)(F)P(F)(F)(F)C(F)(F)C(F)(F)F.FC(F)C(F)(F)F. The van der Waals surface area contributed by atoms with E-state index < -0.39 is 43.8 Å². The zero-order valence-corrected chi connectivity index (χ0v) is 24.0. The number of hydrogen-bond donors (Lipinski definition) is 0. The second kappa shape index (κ2) is 13.5. The molecule has 2 rings (SSSR count). The Morgan fingerprint density at radius 2 is 0.857 bits per heavy atom. The summed E-state index contributed by atoms with van der Waals surface area (Å²) in [5.41, 5.74) is -13.5. The second-order valence-corrected chi connectivity index (χ2v) is 14.1. The zero-order valence-electron chi connectivity index (χ0n) is 20.9. The molecule has 0 heterocycles. The maximum atomic E-state index is 12.2. The van der Waals surface area contributed by atoms with Crippen LogP contribution in [0.25, 0.3) is 0 Å². The van der Waals surface area contributed by atoms with Gasteiger partial charge in [-0.3, -0.25) is 0 Å². The first-order chi connectivity index (χ1) is 18.4. The summed E-state index contributed by atoms with van der Waals surface area (Å²) in [5.74, 6) is 0.627. The minimum Gasteiger partial charge on any atom is -0.200 e. The van der Waals surface area contributed by atoms with Gasteiger partial charge in [0, 0.05) is 0 Å². The van der Waals surface area contributed by atoms with Gasteiger partial charge in [-0.25, -0.2) is 8.78 Å². The van der Waals surface area contributed by atoms with E-state index >= 15 is 0 Å². The third kappa shape index (κ3) is 9.67. The van der Waals surface area contributed by atoms with Gasteiger partial charge >= 0.3 is 122 Å². The Morgan fingerprint density at radius 1 is 0.571 bits per heavy atom. The van der Waals surface area contributed by atoms with E-state index in [1.54, 1.807) is 0 Å². The molecule has 0 saturated carbocycles. The van der Waals surface area contributed by atoms with Gasteiger partial charge in [0.15, 0.2) is 7.14 Å². The molecule has 2 aromatic carbocycles. The van der Waals surface area contributed by atoms with Crippen LogP contribution in [0.2, 0.25) is 0 Å². The predicted molar refractivity (Wildman–Crippen MR) is 113 cm³/mol. The second-order valence-electron chi connectivity index (χ2n) is 8.33. The minimum atomic E-state index is -11.3. The Hall–Kier alpha value is -1.66. The van der Waals surface area contributed by atoms with Crippen molar-refractivity contribution >= 4 is 7.54 Å². The number of benzene rings is 2. The number of halogens is 19. The van der Waals surface area contributed by atoms with Crippen molar-refractivity contribution in [3.63, 3.8) is 0 Å². The molecule has 2 aromatic rings. The van der Waals surface area contributed by atoms with Crippen molar-refractivity contribution in [3.8, 4) is 0 Å². The average molecular weight is 783 g/mol. The van der Waals surface area contributed by atoms with Gasteiger partial charge in [0.1, 0.15) is 0 Å². The smallest absolute Gasteiger partial charge is 0.200 e. The van der Waals surface area contributed by atoms with Crippen molar-refractivity contribution in [2.75, 3.05) is 0 Å². The van der Waals surface area contributed by atoms with Gasteiger partial charge in [0.05, 0.1) is 0 Å². The zero-order chi connectivity index (χ0) is 33.8. The molecule has 0 aliphatic rings. The van der Waals surface area contributed by atoms with Crippen molar-refractivity contribution in [1.82, 2.24) is 0 Å². The van der Waals surface area contributed by atoms with Crippen molar-refractivity contribution in [3.05, 3.63) is 66.8 Å². The molecule has 0 aliphatic carbocycles. The molecule has 0 unspecified atom stereocenters. The molecule has 244 valence electrons. The Bertz CT molecular complexity index is 1080. The first-order valence-corrected chi connectivity index (χ1v) is 14.7. The molecule has 0 aliphatic heterocycles.